The van der Waals surface area contributed by atoms with Crippen LogP contribution in [0.3, 0.4) is 0 Å². The van der Waals surface area contributed by atoms with Gasteiger partial charge in [-0.1, -0.05) is 12.8 Å². The standard InChI is InChI=1S/C13H24N2O2/c1-9(10-5-3-4-6-10)15-13(16)12-7-11(17-2)8-14-12/h9-12,14H,3-8H2,1-2H3,(H,15,16)/t9-,11?,12?/m0/s1. The molecule has 1 saturated carbocycles. The van der Waals surface area contributed by atoms with Crippen molar-refractivity contribution in [2.24, 2.45) is 5.92 Å². The van der Waals surface area contributed by atoms with Gasteiger partial charge < -0.3 is 15.4 Å². The summed E-state index contributed by atoms with van der Waals surface area (Å²) in [7, 11) is 1.70. The molecule has 0 radical (unpaired) electrons. The number of methoxy groups -OCH3 is 1. The Morgan fingerprint density at radius 2 is 2.12 bits per heavy atom. The fourth-order valence-corrected chi connectivity index (χ4v) is 2.98. The molecule has 1 aliphatic heterocycles. The third-order valence-electron chi connectivity index (χ3n) is 4.22. The first-order valence-electron chi connectivity index (χ1n) is 6.77. The van der Waals surface area contributed by atoms with Gasteiger partial charge in [-0.2, -0.15) is 0 Å². The third-order valence-corrected chi connectivity index (χ3v) is 4.22. The van der Waals surface area contributed by atoms with Crippen LogP contribution in [0.1, 0.15) is 39.0 Å². The van der Waals surface area contributed by atoms with Crippen LogP contribution < -0.4 is 10.6 Å². The molecule has 0 aromatic heterocycles. The van der Waals surface area contributed by atoms with Gasteiger partial charge in [0.1, 0.15) is 0 Å². The summed E-state index contributed by atoms with van der Waals surface area (Å²) in [4.78, 5) is 12.0. The molecule has 2 fully saturated rings. The highest BCUT2D eigenvalue weighted by Gasteiger charge is 2.31. The fourth-order valence-electron chi connectivity index (χ4n) is 2.98. The lowest BCUT2D eigenvalue weighted by Gasteiger charge is -2.22. The highest BCUT2D eigenvalue weighted by Crippen LogP contribution is 2.27. The molecule has 0 aromatic carbocycles. The normalized spacial score (nSPS) is 31.6. The molecule has 98 valence electrons. The molecule has 2 rings (SSSR count). The van der Waals surface area contributed by atoms with Crippen molar-refractivity contribution >= 4 is 5.91 Å². The summed E-state index contributed by atoms with van der Waals surface area (Å²) < 4.78 is 5.25. The number of nitrogens with one attached hydrogen (secondary N) is 2. The number of hydrogen-bond donors (Lipinski definition) is 2. The Bertz CT molecular complexity index is 264. The maximum Gasteiger partial charge on any atom is 0.237 e. The smallest absolute Gasteiger partial charge is 0.237 e. The van der Waals surface area contributed by atoms with Crippen molar-refractivity contribution < 1.29 is 9.53 Å². The van der Waals surface area contributed by atoms with Crippen molar-refractivity contribution in [3.8, 4) is 0 Å². The van der Waals surface area contributed by atoms with Crippen LogP contribution in [-0.2, 0) is 9.53 Å². The van der Waals surface area contributed by atoms with Gasteiger partial charge in [-0.05, 0) is 32.1 Å². The molecule has 0 bridgehead atoms. The van der Waals surface area contributed by atoms with Crippen molar-refractivity contribution in [3.63, 3.8) is 0 Å². The Labute approximate surface area is 103 Å². The Balaban J connectivity index is 1.76. The van der Waals surface area contributed by atoms with E-state index < -0.39 is 0 Å². The van der Waals surface area contributed by atoms with E-state index in [1.807, 2.05) is 0 Å². The number of amides is 1. The minimum atomic E-state index is -0.0659. The van der Waals surface area contributed by atoms with Crippen LogP contribution in [0.25, 0.3) is 0 Å². The van der Waals surface area contributed by atoms with Gasteiger partial charge in [-0.15, -0.1) is 0 Å². The first-order valence-corrected chi connectivity index (χ1v) is 6.77. The summed E-state index contributed by atoms with van der Waals surface area (Å²) in [5.74, 6) is 0.822. The zero-order valence-corrected chi connectivity index (χ0v) is 10.9. The van der Waals surface area contributed by atoms with Gasteiger partial charge in [0.2, 0.25) is 5.91 Å². The molecule has 17 heavy (non-hydrogen) atoms. The molecule has 2 N–H and O–H groups in total. The quantitative estimate of drug-likeness (QED) is 0.772. The highest BCUT2D eigenvalue weighted by atomic mass is 16.5. The zero-order valence-electron chi connectivity index (χ0n) is 10.9. The Kier molecular flexibility index (Phi) is 4.40. The molecule has 2 aliphatic rings. The van der Waals surface area contributed by atoms with Gasteiger partial charge in [0.05, 0.1) is 12.1 Å². The van der Waals surface area contributed by atoms with Crippen molar-refractivity contribution in [2.75, 3.05) is 13.7 Å². The molecule has 4 heteroatoms. The Morgan fingerprint density at radius 3 is 2.71 bits per heavy atom. The van der Waals surface area contributed by atoms with Gasteiger partial charge in [0.25, 0.3) is 0 Å². The van der Waals surface area contributed by atoms with Crippen molar-refractivity contribution in [2.45, 2.75) is 57.2 Å². The maximum absolute atomic E-state index is 12.0. The van der Waals surface area contributed by atoms with E-state index in [2.05, 4.69) is 17.6 Å². The molecule has 1 heterocycles. The monoisotopic (exact) mass is 240 g/mol. The van der Waals surface area contributed by atoms with Crippen LogP contribution >= 0.6 is 0 Å². The molecule has 1 aliphatic carbocycles. The van der Waals surface area contributed by atoms with E-state index >= 15 is 0 Å². The predicted molar refractivity (Wildman–Crippen MR) is 66.8 cm³/mol. The highest BCUT2D eigenvalue weighted by molar-refractivity contribution is 5.82. The summed E-state index contributed by atoms with van der Waals surface area (Å²) in [5.41, 5.74) is 0. The molecule has 0 aromatic rings. The molecule has 1 amide bonds. The largest absolute Gasteiger partial charge is 0.380 e. The summed E-state index contributed by atoms with van der Waals surface area (Å²) in [6, 6.07) is 0.247. The van der Waals surface area contributed by atoms with E-state index in [1.54, 1.807) is 7.11 Å². The molecule has 2 unspecified atom stereocenters. The topological polar surface area (TPSA) is 50.4 Å². The summed E-state index contributed by atoms with van der Waals surface area (Å²) in [5, 5.41) is 6.37. The minimum Gasteiger partial charge on any atom is -0.380 e. The minimum absolute atomic E-state index is 0.0659. The third kappa shape index (κ3) is 3.19. The second-order valence-electron chi connectivity index (χ2n) is 5.40. The summed E-state index contributed by atoms with van der Waals surface area (Å²) in [6.07, 6.45) is 6.14. The lowest BCUT2D eigenvalue weighted by molar-refractivity contribution is -0.123. The van der Waals surface area contributed by atoms with Crippen molar-refractivity contribution in [1.82, 2.24) is 10.6 Å². The van der Waals surface area contributed by atoms with E-state index in [0.717, 1.165) is 13.0 Å². The summed E-state index contributed by atoms with van der Waals surface area (Å²) >= 11 is 0. The zero-order chi connectivity index (χ0) is 12.3. The van der Waals surface area contributed by atoms with Crippen LogP contribution in [0.15, 0.2) is 0 Å². The van der Waals surface area contributed by atoms with Gasteiger partial charge in [0.15, 0.2) is 0 Å². The van der Waals surface area contributed by atoms with Crippen molar-refractivity contribution in [3.05, 3.63) is 0 Å². The molecular weight excluding hydrogens is 216 g/mol. The number of carbonyl (C=O) groups is 1. The molecule has 3 atom stereocenters. The van der Waals surface area contributed by atoms with Gasteiger partial charge in [-0.25, -0.2) is 0 Å². The first kappa shape index (κ1) is 12.8. The Hall–Kier alpha value is -0.610. The lowest BCUT2D eigenvalue weighted by Crippen LogP contribution is -2.46. The number of carbonyl (C=O) groups excluding carboxylic acids is 1. The predicted octanol–water partition coefficient (Wildman–Crippen LogP) is 1.06. The van der Waals surface area contributed by atoms with Crippen LogP contribution in [0, 0.1) is 5.92 Å². The number of rotatable bonds is 4. The average molecular weight is 240 g/mol. The van der Waals surface area contributed by atoms with Gasteiger partial charge in [-0.3, -0.25) is 4.79 Å². The second-order valence-corrected chi connectivity index (χ2v) is 5.40. The maximum atomic E-state index is 12.0. The van der Waals surface area contributed by atoms with E-state index in [4.69, 9.17) is 4.74 Å². The first-order chi connectivity index (χ1) is 8.20. The number of ether oxygens (including phenoxy) is 1. The van der Waals surface area contributed by atoms with Crippen LogP contribution in [0.4, 0.5) is 0 Å². The van der Waals surface area contributed by atoms with Gasteiger partial charge in [0, 0.05) is 19.7 Å². The van der Waals surface area contributed by atoms with E-state index in [-0.39, 0.29) is 18.1 Å². The number of hydrogen-bond acceptors (Lipinski definition) is 3. The van der Waals surface area contributed by atoms with Crippen LogP contribution in [0.5, 0.6) is 0 Å². The Morgan fingerprint density at radius 1 is 1.41 bits per heavy atom. The lowest BCUT2D eigenvalue weighted by atomic mass is 9.99. The van der Waals surface area contributed by atoms with Crippen molar-refractivity contribution in [1.29, 1.82) is 0 Å². The molecule has 4 nitrogen and oxygen atoms in total. The van der Waals surface area contributed by atoms with E-state index in [1.165, 1.54) is 25.7 Å². The molecule has 0 spiro atoms. The molecular formula is C13H24N2O2. The van der Waals surface area contributed by atoms with Crippen LogP contribution in [-0.4, -0.2) is 37.7 Å². The van der Waals surface area contributed by atoms with E-state index in [0.29, 0.717) is 12.0 Å². The van der Waals surface area contributed by atoms with Gasteiger partial charge >= 0.3 is 0 Å². The fraction of sp³-hybridized carbons (Fsp3) is 0.923. The summed E-state index contributed by atoms with van der Waals surface area (Å²) in [6.45, 7) is 2.92. The average Bonchev–Trinajstić information content (AvgIpc) is 3.00. The molecule has 1 saturated heterocycles. The van der Waals surface area contributed by atoms with E-state index in [9.17, 15) is 4.79 Å². The second kappa shape index (κ2) is 5.83. The SMILES string of the molecule is COC1CNC(C(=O)N[C@@H](C)C2CCCC2)C1. The van der Waals surface area contributed by atoms with Crippen LogP contribution in [0.2, 0.25) is 0 Å².